The van der Waals surface area contributed by atoms with E-state index in [0.717, 1.165) is 0 Å². The van der Waals surface area contributed by atoms with Crippen molar-refractivity contribution in [3.63, 3.8) is 0 Å². The SMILES string of the molecule is CC(C)n1nc(-c2ccc(C=O)o2)c2c(N)ncnc21. The number of aromatic nitrogens is 4. The maximum atomic E-state index is 10.7. The Labute approximate surface area is 114 Å². The van der Waals surface area contributed by atoms with Crippen LogP contribution < -0.4 is 5.73 Å². The fourth-order valence-electron chi connectivity index (χ4n) is 2.07. The molecule has 0 aromatic carbocycles. The van der Waals surface area contributed by atoms with Crippen molar-refractivity contribution in [3.8, 4) is 11.5 Å². The number of furan rings is 1. The van der Waals surface area contributed by atoms with Gasteiger partial charge in [-0.25, -0.2) is 14.6 Å². The van der Waals surface area contributed by atoms with Crippen molar-refractivity contribution in [2.45, 2.75) is 19.9 Å². The highest BCUT2D eigenvalue weighted by Gasteiger charge is 2.20. The number of aldehydes is 1. The van der Waals surface area contributed by atoms with Crippen molar-refractivity contribution in [3.05, 3.63) is 24.2 Å². The van der Waals surface area contributed by atoms with Crippen LogP contribution in [0.5, 0.6) is 0 Å². The number of hydrogen-bond donors (Lipinski definition) is 1. The summed E-state index contributed by atoms with van der Waals surface area (Å²) in [5, 5.41) is 5.12. The van der Waals surface area contributed by atoms with Gasteiger partial charge in [-0.3, -0.25) is 4.79 Å². The molecule has 0 radical (unpaired) electrons. The van der Waals surface area contributed by atoms with E-state index in [0.29, 0.717) is 34.6 Å². The Morgan fingerprint density at radius 2 is 2.15 bits per heavy atom. The summed E-state index contributed by atoms with van der Waals surface area (Å²) in [6.07, 6.45) is 2.05. The molecule has 0 amide bonds. The first-order chi connectivity index (χ1) is 9.61. The number of rotatable bonds is 3. The van der Waals surface area contributed by atoms with Gasteiger partial charge in [0.2, 0.25) is 0 Å². The molecular formula is C13H13N5O2. The fourth-order valence-corrected chi connectivity index (χ4v) is 2.07. The number of anilines is 1. The van der Waals surface area contributed by atoms with E-state index in [9.17, 15) is 4.79 Å². The molecule has 0 aliphatic carbocycles. The first kappa shape index (κ1) is 12.3. The lowest BCUT2D eigenvalue weighted by Gasteiger charge is -2.05. The van der Waals surface area contributed by atoms with Crippen LogP contribution in [0.25, 0.3) is 22.5 Å². The predicted octanol–water partition coefficient (Wildman–Crippen LogP) is 2.06. The van der Waals surface area contributed by atoms with Gasteiger partial charge in [-0.2, -0.15) is 5.10 Å². The van der Waals surface area contributed by atoms with Gasteiger partial charge in [-0.1, -0.05) is 0 Å². The van der Waals surface area contributed by atoms with Gasteiger partial charge in [-0.05, 0) is 26.0 Å². The van der Waals surface area contributed by atoms with E-state index in [-0.39, 0.29) is 11.8 Å². The molecule has 0 spiro atoms. The van der Waals surface area contributed by atoms with Gasteiger partial charge in [0, 0.05) is 6.04 Å². The van der Waals surface area contributed by atoms with Crippen LogP contribution in [0.4, 0.5) is 5.82 Å². The molecule has 0 fully saturated rings. The molecule has 0 saturated heterocycles. The summed E-state index contributed by atoms with van der Waals surface area (Å²) in [6.45, 7) is 3.99. The predicted molar refractivity (Wildman–Crippen MR) is 73.2 cm³/mol. The lowest BCUT2D eigenvalue weighted by molar-refractivity contribution is 0.110. The zero-order valence-corrected chi connectivity index (χ0v) is 11.1. The van der Waals surface area contributed by atoms with Gasteiger partial charge >= 0.3 is 0 Å². The standard InChI is InChI=1S/C13H13N5O2/c1-7(2)18-13-10(12(14)15-6-16-13)11(17-18)9-4-3-8(5-19)20-9/h3-7H,1-2H3,(H2,14,15,16). The topological polar surface area (TPSA) is 99.8 Å². The smallest absolute Gasteiger partial charge is 0.185 e. The summed E-state index contributed by atoms with van der Waals surface area (Å²) < 4.78 is 7.18. The van der Waals surface area contributed by atoms with Crippen LogP contribution in [0.2, 0.25) is 0 Å². The van der Waals surface area contributed by atoms with Crippen LogP contribution in [0.15, 0.2) is 22.9 Å². The molecule has 0 aliphatic heterocycles. The molecule has 3 heterocycles. The lowest BCUT2D eigenvalue weighted by atomic mass is 10.2. The van der Waals surface area contributed by atoms with Crippen molar-refractivity contribution >= 4 is 23.1 Å². The normalized spacial score (nSPS) is 11.3. The molecular weight excluding hydrogens is 258 g/mol. The average Bonchev–Trinajstić information content (AvgIpc) is 3.02. The highest BCUT2D eigenvalue weighted by atomic mass is 16.3. The Hall–Kier alpha value is -2.70. The second kappa shape index (κ2) is 4.44. The summed E-state index contributed by atoms with van der Waals surface area (Å²) in [5.41, 5.74) is 7.12. The van der Waals surface area contributed by atoms with E-state index in [1.807, 2.05) is 13.8 Å². The quantitative estimate of drug-likeness (QED) is 0.732. The Kier molecular flexibility index (Phi) is 2.74. The Morgan fingerprint density at radius 1 is 1.35 bits per heavy atom. The Balaban J connectivity index is 2.32. The summed E-state index contributed by atoms with van der Waals surface area (Å²) in [5.74, 6) is 1.04. The average molecular weight is 271 g/mol. The number of fused-ring (bicyclic) bond motifs is 1. The molecule has 3 aromatic rings. The number of hydrogen-bond acceptors (Lipinski definition) is 6. The molecule has 20 heavy (non-hydrogen) atoms. The lowest BCUT2D eigenvalue weighted by Crippen LogP contribution is -2.04. The number of nitrogens with two attached hydrogens (primary N) is 1. The molecule has 7 nitrogen and oxygen atoms in total. The second-order valence-corrected chi connectivity index (χ2v) is 4.66. The third-order valence-corrected chi connectivity index (χ3v) is 2.98. The molecule has 0 bridgehead atoms. The number of nitrogens with zero attached hydrogens (tertiary/aromatic N) is 4. The molecule has 0 atom stereocenters. The van der Waals surface area contributed by atoms with Gasteiger partial charge in [0.25, 0.3) is 0 Å². The van der Waals surface area contributed by atoms with E-state index in [2.05, 4.69) is 15.1 Å². The van der Waals surface area contributed by atoms with E-state index in [1.165, 1.54) is 6.33 Å². The molecule has 102 valence electrons. The minimum Gasteiger partial charge on any atom is -0.452 e. The Morgan fingerprint density at radius 3 is 2.80 bits per heavy atom. The van der Waals surface area contributed by atoms with Gasteiger partial charge in [0.1, 0.15) is 17.8 Å². The molecule has 0 unspecified atom stereocenters. The van der Waals surface area contributed by atoms with Gasteiger partial charge < -0.3 is 10.2 Å². The van der Waals surface area contributed by atoms with Gasteiger partial charge in [0.15, 0.2) is 23.5 Å². The molecule has 0 saturated carbocycles. The second-order valence-electron chi connectivity index (χ2n) is 4.66. The van der Waals surface area contributed by atoms with Crippen molar-refractivity contribution < 1.29 is 9.21 Å². The van der Waals surface area contributed by atoms with E-state index >= 15 is 0 Å². The van der Waals surface area contributed by atoms with Gasteiger partial charge in [-0.15, -0.1) is 0 Å². The first-order valence-electron chi connectivity index (χ1n) is 6.16. The van der Waals surface area contributed by atoms with E-state index in [1.54, 1.807) is 16.8 Å². The van der Waals surface area contributed by atoms with Gasteiger partial charge in [0.05, 0.1) is 5.39 Å². The number of carbonyl (C=O) groups is 1. The van der Waals surface area contributed by atoms with Crippen LogP contribution in [0, 0.1) is 0 Å². The monoisotopic (exact) mass is 271 g/mol. The summed E-state index contributed by atoms with van der Waals surface area (Å²) in [7, 11) is 0. The van der Waals surface area contributed by atoms with E-state index in [4.69, 9.17) is 10.2 Å². The minimum atomic E-state index is 0.112. The van der Waals surface area contributed by atoms with Crippen molar-refractivity contribution in [1.29, 1.82) is 0 Å². The van der Waals surface area contributed by atoms with Crippen molar-refractivity contribution in [1.82, 2.24) is 19.7 Å². The Bertz CT molecular complexity index is 787. The number of carbonyl (C=O) groups excluding carboxylic acids is 1. The molecule has 3 rings (SSSR count). The number of nitrogen functional groups attached to an aromatic ring is 1. The van der Waals surface area contributed by atoms with E-state index < -0.39 is 0 Å². The van der Waals surface area contributed by atoms with Crippen LogP contribution in [-0.4, -0.2) is 26.0 Å². The van der Waals surface area contributed by atoms with Crippen LogP contribution in [0.1, 0.15) is 30.4 Å². The third kappa shape index (κ3) is 1.75. The molecule has 2 N–H and O–H groups in total. The van der Waals surface area contributed by atoms with Crippen LogP contribution in [0.3, 0.4) is 0 Å². The zero-order chi connectivity index (χ0) is 14.3. The zero-order valence-electron chi connectivity index (χ0n) is 11.1. The van der Waals surface area contributed by atoms with Crippen LogP contribution >= 0.6 is 0 Å². The molecule has 3 aromatic heterocycles. The summed E-state index contributed by atoms with van der Waals surface area (Å²) >= 11 is 0. The van der Waals surface area contributed by atoms with Crippen molar-refractivity contribution in [2.24, 2.45) is 0 Å². The third-order valence-electron chi connectivity index (χ3n) is 2.98. The molecule has 7 heteroatoms. The minimum absolute atomic E-state index is 0.112. The summed E-state index contributed by atoms with van der Waals surface area (Å²) in [6, 6.07) is 3.38. The largest absolute Gasteiger partial charge is 0.452 e. The highest BCUT2D eigenvalue weighted by molar-refractivity contribution is 5.97. The maximum Gasteiger partial charge on any atom is 0.185 e. The first-order valence-corrected chi connectivity index (χ1v) is 6.16. The summed E-state index contributed by atoms with van der Waals surface area (Å²) in [4.78, 5) is 19.0. The van der Waals surface area contributed by atoms with Crippen molar-refractivity contribution in [2.75, 3.05) is 5.73 Å². The fraction of sp³-hybridized carbons (Fsp3) is 0.231. The van der Waals surface area contributed by atoms with Crippen LogP contribution in [-0.2, 0) is 0 Å². The molecule has 0 aliphatic rings. The maximum absolute atomic E-state index is 10.7. The highest BCUT2D eigenvalue weighted by Crippen LogP contribution is 2.32.